The average molecular weight is 445 g/mol. The van der Waals surface area contributed by atoms with Gasteiger partial charge in [0, 0.05) is 5.02 Å². The maximum Gasteiger partial charge on any atom is 0.264 e. The Morgan fingerprint density at radius 3 is 2.27 bits per heavy atom. The number of anilines is 2. The molecule has 0 atom stereocenters. The number of halogens is 1. The van der Waals surface area contributed by atoms with Gasteiger partial charge in [-0.25, -0.2) is 8.42 Å². The van der Waals surface area contributed by atoms with Crippen LogP contribution in [0.15, 0.2) is 83.8 Å². The van der Waals surface area contributed by atoms with Crippen LogP contribution in [0.5, 0.6) is 5.75 Å². The van der Waals surface area contributed by atoms with Gasteiger partial charge in [0.2, 0.25) is 5.91 Å². The number of carbonyl (C=O) groups excluding carboxylic acids is 1. The molecule has 0 unspecified atom stereocenters. The molecule has 6 nitrogen and oxygen atoms in total. The summed E-state index contributed by atoms with van der Waals surface area (Å²) in [4.78, 5) is 12.8. The smallest absolute Gasteiger partial charge is 0.264 e. The molecular formula is C22H21ClN2O4S. The Kier molecular flexibility index (Phi) is 6.97. The quantitative estimate of drug-likeness (QED) is 0.552. The van der Waals surface area contributed by atoms with Gasteiger partial charge in [-0.3, -0.25) is 9.10 Å². The van der Waals surface area contributed by atoms with Gasteiger partial charge in [0.05, 0.1) is 22.9 Å². The predicted molar refractivity (Wildman–Crippen MR) is 119 cm³/mol. The first-order valence-corrected chi connectivity index (χ1v) is 11.1. The summed E-state index contributed by atoms with van der Waals surface area (Å²) in [5.41, 5.74) is 0.849. The summed E-state index contributed by atoms with van der Waals surface area (Å²) in [6, 6.07) is 21.3. The van der Waals surface area contributed by atoms with Gasteiger partial charge in [0.15, 0.2) is 0 Å². The second-order valence-corrected chi connectivity index (χ2v) is 8.58. The molecule has 0 heterocycles. The zero-order valence-corrected chi connectivity index (χ0v) is 17.9. The maximum atomic E-state index is 13.3. The van der Waals surface area contributed by atoms with Crippen LogP contribution >= 0.6 is 11.6 Å². The Labute approximate surface area is 181 Å². The molecule has 8 heteroatoms. The largest absolute Gasteiger partial charge is 0.492 e. The zero-order valence-electron chi connectivity index (χ0n) is 16.3. The van der Waals surface area contributed by atoms with Crippen LogP contribution in [0.2, 0.25) is 5.02 Å². The first-order chi connectivity index (χ1) is 14.4. The molecule has 3 aromatic carbocycles. The van der Waals surface area contributed by atoms with Crippen molar-refractivity contribution in [2.24, 2.45) is 0 Å². The summed E-state index contributed by atoms with van der Waals surface area (Å²) in [6.07, 6.45) is 0. The second kappa shape index (κ2) is 9.65. The van der Waals surface area contributed by atoms with E-state index in [0.717, 1.165) is 4.31 Å². The number of hydrogen-bond donors (Lipinski definition) is 1. The molecule has 0 aliphatic heterocycles. The van der Waals surface area contributed by atoms with Crippen molar-refractivity contribution in [3.63, 3.8) is 0 Å². The Morgan fingerprint density at radius 2 is 1.60 bits per heavy atom. The third-order valence-electron chi connectivity index (χ3n) is 4.19. The fourth-order valence-corrected chi connectivity index (χ4v) is 4.36. The highest BCUT2D eigenvalue weighted by Crippen LogP contribution is 2.26. The molecule has 0 fully saturated rings. The third kappa shape index (κ3) is 5.11. The van der Waals surface area contributed by atoms with E-state index in [1.807, 2.05) is 6.92 Å². The molecule has 0 aliphatic carbocycles. The highest BCUT2D eigenvalue weighted by atomic mass is 35.5. The van der Waals surface area contributed by atoms with E-state index in [9.17, 15) is 13.2 Å². The summed E-state index contributed by atoms with van der Waals surface area (Å²) in [6.45, 7) is 1.87. The first kappa shape index (κ1) is 21.7. The molecule has 0 radical (unpaired) electrons. The van der Waals surface area contributed by atoms with Crippen LogP contribution in [0.25, 0.3) is 0 Å². The van der Waals surface area contributed by atoms with E-state index in [2.05, 4.69) is 5.32 Å². The number of nitrogens with one attached hydrogen (secondary N) is 1. The van der Waals surface area contributed by atoms with Crippen molar-refractivity contribution in [3.8, 4) is 5.75 Å². The van der Waals surface area contributed by atoms with Crippen LogP contribution in [0, 0.1) is 0 Å². The fraction of sp³-hybridized carbons (Fsp3) is 0.136. The minimum Gasteiger partial charge on any atom is -0.492 e. The third-order valence-corrected chi connectivity index (χ3v) is 6.23. The van der Waals surface area contributed by atoms with Crippen LogP contribution in [0.4, 0.5) is 11.4 Å². The SMILES string of the molecule is CCOc1ccccc1NC(=O)CN(c1ccccc1)S(=O)(=O)c1ccc(Cl)cc1. The van der Waals surface area contributed by atoms with E-state index < -0.39 is 22.5 Å². The summed E-state index contributed by atoms with van der Waals surface area (Å²) < 4.78 is 33.1. The minimum absolute atomic E-state index is 0.0401. The fourth-order valence-electron chi connectivity index (χ4n) is 2.81. The molecule has 0 saturated heterocycles. The van der Waals surface area contributed by atoms with E-state index in [1.54, 1.807) is 54.6 Å². The number of amides is 1. The number of benzene rings is 3. The number of sulfonamides is 1. The topological polar surface area (TPSA) is 75.7 Å². The van der Waals surface area contributed by atoms with Crippen molar-refractivity contribution < 1.29 is 17.9 Å². The molecule has 1 amide bonds. The average Bonchev–Trinajstić information content (AvgIpc) is 2.74. The zero-order chi connectivity index (χ0) is 21.6. The molecule has 3 rings (SSSR count). The monoisotopic (exact) mass is 444 g/mol. The van der Waals surface area contributed by atoms with Crippen LogP contribution in [-0.2, 0) is 14.8 Å². The minimum atomic E-state index is -4.00. The number of ether oxygens (including phenoxy) is 1. The molecule has 0 aromatic heterocycles. The highest BCUT2D eigenvalue weighted by molar-refractivity contribution is 7.92. The lowest BCUT2D eigenvalue weighted by Crippen LogP contribution is -2.38. The van der Waals surface area contributed by atoms with Gasteiger partial charge < -0.3 is 10.1 Å². The van der Waals surface area contributed by atoms with E-state index >= 15 is 0 Å². The van der Waals surface area contributed by atoms with Crippen LogP contribution in [-0.4, -0.2) is 27.5 Å². The van der Waals surface area contributed by atoms with Crippen LogP contribution in [0.3, 0.4) is 0 Å². The number of hydrogen-bond acceptors (Lipinski definition) is 4. The molecule has 1 N–H and O–H groups in total. The van der Waals surface area contributed by atoms with E-state index in [-0.39, 0.29) is 4.90 Å². The van der Waals surface area contributed by atoms with Crippen LogP contribution < -0.4 is 14.4 Å². The molecule has 30 heavy (non-hydrogen) atoms. The summed E-state index contributed by atoms with van der Waals surface area (Å²) in [5.74, 6) is 0.0173. The van der Waals surface area contributed by atoms with Crippen molar-refractivity contribution in [2.45, 2.75) is 11.8 Å². The maximum absolute atomic E-state index is 13.3. The first-order valence-electron chi connectivity index (χ1n) is 9.27. The molecular weight excluding hydrogens is 424 g/mol. The van der Waals surface area contributed by atoms with Crippen molar-refractivity contribution in [1.82, 2.24) is 0 Å². The molecule has 0 spiro atoms. The molecule has 0 bridgehead atoms. The van der Waals surface area contributed by atoms with Gasteiger partial charge in [-0.15, -0.1) is 0 Å². The summed E-state index contributed by atoms with van der Waals surface area (Å²) >= 11 is 5.89. The number of nitrogens with zero attached hydrogens (tertiary/aromatic N) is 1. The standard InChI is InChI=1S/C22H21ClN2O4S/c1-2-29-21-11-7-6-10-20(21)24-22(26)16-25(18-8-4-3-5-9-18)30(27,28)19-14-12-17(23)13-15-19/h3-15H,2,16H2,1H3,(H,24,26). The lowest BCUT2D eigenvalue weighted by Gasteiger charge is -2.24. The summed E-state index contributed by atoms with van der Waals surface area (Å²) in [5, 5.41) is 3.16. The van der Waals surface area contributed by atoms with Crippen molar-refractivity contribution in [1.29, 1.82) is 0 Å². The summed E-state index contributed by atoms with van der Waals surface area (Å²) in [7, 11) is -4.00. The Morgan fingerprint density at radius 1 is 0.967 bits per heavy atom. The van der Waals surface area contributed by atoms with Crippen molar-refractivity contribution in [2.75, 3.05) is 22.8 Å². The van der Waals surface area contributed by atoms with Gasteiger partial charge >= 0.3 is 0 Å². The van der Waals surface area contributed by atoms with E-state index in [4.69, 9.17) is 16.3 Å². The molecule has 0 aliphatic rings. The molecule has 3 aromatic rings. The normalized spacial score (nSPS) is 11.0. The molecule has 156 valence electrons. The lowest BCUT2D eigenvalue weighted by atomic mass is 10.3. The lowest BCUT2D eigenvalue weighted by molar-refractivity contribution is -0.114. The highest BCUT2D eigenvalue weighted by Gasteiger charge is 2.27. The van der Waals surface area contributed by atoms with Gasteiger partial charge in [-0.2, -0.15) is 0 Å². The number of para-hydroxylation sites is 3. The Bertz CT molecular complexity index is 1100. The second-order valence-electron chi connectivity index (χ2n) is 6.28. The number of carbonyl (C=O) groups is 1. The van der Waals surface area contributed by atoms with E-state index in [1.165, 1.54) is 24.3 Å². The van der Waals surface area contributed by atoms with Gasteiger partial charge in [0.1, 0.15) is 12.3 Å². The van der Waals surface area contributed by atoms with Gasteiger partial charge in [-0.05, 0) is 55.5 Å². The van der Waals surface area contributed by atoms with Crippen molar-refractivity contribution >= 4 is 38.9 Å². The molecule has 0 saturated carbocycles. The van der Waals surface area contributed by atoms with Crippen molar-refractivity contribution in [3.05, 3.63) is 83.9 Å². The van der Waals surface area contributed by atoms with Gasteiger partial charge in [-0.1, -0.05) is 41.9 Å². The predicted octanol–water partition coefficient (Wildman–Crippen LogP) is 4.57. The Hall–Kier alpha value is -3.03. The van der Waals surface area contributed by atoms with Gasteiger partial charge in [0.25, 0.3) is 10.0 Å². The number of rotatable bonds is 8. The van der Waals surface area contributed by atoms with E-state index in [0.29, 0.717) is 28.8 Å². The van der Waals surface area contributed by atoms with Crippen LogP contribution in [0.1, 0.15) is 6.92 Å². The Balaban J connectivity index is 1.91.